The van der Waals surface area contributed by atoms with E-state index in [1.807, 2.05) is 37.0 Å². The molecule has 0 unspecified atom stereocenters. The van der Waals surface area contributed by atoms with Gasteiger partial charge in [-0.15, -0.1) is 0 Å². The first-order valence-electron chi connectivity index (χ1n) is 8.85. The molecule has 0 aromatic heterocycles. The molecule has 25 heavy (non-hydrogen) atoms. The topological polar surface area (TPSA) is 54.0 Å². The van der Waals surface area contributed by atoms with Gasteiger partial charge in [0.05, 0.1) is 7.11 Å². The lowest BCUT2D eigenvalue weighted by molar-refractivity contribution is 0.0668. The number of thioether (sulfide) groups is 1. The Kier molecular flexibility index (Phi) is 11.0. The summed E-state index contributed by atoms with van der Waals surface area (Å²) in [5.41, 5.74) is 1.15. The molecule has 0 spiro atoms. The van der Waals surface area contributed by atoms with Gasteiger partial charge in [-0.3, -0.25) is 0 Å². The van der Waals surface area contributed by atoms with Gasteiger partial charge in [0.2, 0.25) is 0 Å². The van der Waals surface area contributed by atoms with Crippen molar-refractivity contribution in [2.24, 2.45) is 0 Å². The Morgan fingerprint density at radius 3 is 2.68 bits per heavy atom. The molecule has 0 aliphatic carbocycles. The van der Waals surface area contributed by atoms with Gasteiger partial charge < -0.3 is 24.8 Å². The second-order valence-electron chi connectivity index (χ2n) is 6.51. The van der Waals surface area contributed by atoms with Gasteiger partial charge in [0.1, 0.15) is 12.7 Å². The van der Waals surface area contributed by atoms with Crippen molar-refractivity contribution in [3.63, 3.8) is 0 Å². The summed E-state index contributed by atoms with van der Waals surface area (Å²) in [6, 6.07) is 6.33. The first-order valence-corrected chi connectivity index (χ1v) is 10.2. The van der Waals surface area contributed by atoms with Gasteiger partial charge in [0.25, 0.3) is 0 Å². The molecular formula is C19H34N2O3S. The fourth-order valence-electron chi connectivity index (χ4n) is 2.30. The molecule has 1 aromatic rings. The molecule has 0 aliphatic heterocycles. The molecule has 0 amide bonds. The zero-order chi connectivity index (χ0) is 18.7. The lowest BCUT2D eigenvalue weighted by atomic mass is 10.2. The number of hydrogen-bond donors (Lipinski definition) is 2. The summed E-state index contributed by atoms with van der Waals surface area (Å²) in [5, 5.41) is 13.6. The van der Waals surface area contributed by atoms with E-state index >= 15 is 0 Å². The molecule has 0 heterocycles. The molecular weight excluding hydrogens is 336 g/mol. The zero-order valence-corrected chi connectivity index (χ0v) is 17.1. The van der Waals surface area contributed by atoms with Crippen LogP contribution in [-0.2, 0) is 6.54 Å². The molecule has 0 fully saturated rings. The molecule has 2 N–H and O–H groups in total. The molecule has 5 nitrogen and oxygen atoms in total. The van der Waals surface area contributed by atoms with Crippen molar-refractivity contribution in [1.29, 1.82) is 0 Å². The summed E-state index contributed by atoms with van der Waals surface area (Å²) in [5.74, 6) is 2.54. The zero-order valence-electron chi connectivity index (χ0n) is 16.2. The normalized spacial score (nSPS) is 12.6. The molecule has 1 atom stereocenters. The molecule has 1 aromatic carbocycles. The lowest BCUT2D eigenvalue weighted by Gasteiger charge is -2.24. The van der Waals surface area contributed by atoms with Crippen LogP contribution >= 0.6 is 11.8 Å². The third kappa shape index (κ3) is 8.81. The summed E-state index contributed by atoms with van der Waals surface area (Å²) in [6.07, 6.45) is 2.75. The second-order valence-corrected chi connectivity index (χ2v) is 7.49. The van der Waals surface area contributed by atoms with Gasteiger partial charge in [0, 0.05) is 19.1 Å². The highest BCUT2D eigenvalue weighted by Crippen LogP contribution is 2.28. The second kappa shape index (κ2) is 12.4. The summed E-state index contributed by atoms with van der Waals surface area (Å²) >= 11 is 1.87. The number of nitrogens with zero attached hydrogens (tertiary/aromatic N) is 1. The van der Waals surface area contributed by atoms with Crippen molar-refractivity contribution in [3.05, 3.63) is 23.8 Å². The van der Waals surface area contributed by atoms with Crippen molar-refractivity contribution < 1.29 is 14.6 Å². The third-order valence-electron chi connectivity index (χ3n) is 4.07. The van der Waals surface area contributed by atoms with Crippen LogP contribution in [0.2, 0.25) is 0 Å². The Labute approximate surface area is 157 Å². The van der Waals surface area contributed by atoms with E-state index in [0.29, 0.717) is 24.1 Å². The summed E-state index contributed by atoms with van der Waals surface area (Å²) < 4.78 is 11.2. The maximum absolute atomic E-state index is 10.2. The predicted octanol–water partition coefficient (Wildman–Crippen LogP) is 2.62. The first kappa shape index (κ1) is 22.1. The fourth-order valence-corrected chi connectivity index (χ4v) is 2.73. The van der Waals surface area contributed by atoms with Crippen molar-refractivity contribution in [2.45, 2.75) is 39.0 Å². The van der Waals surface area contributed by atoms with Gasteiger partial charge in [-0.2, -0.15) is 11.8 Å². The van der Waals surface area contributed by atoms with Gasteiger partial charge >= 0.3 is 0 Å². The average molecular weight is 371 g/mol. The van der Waals surface area contributed by atoms with Crippen molar-refractivity contribution in [2.75, 3.05) is 45.9 Å². The van der Waals surface area contributed by atoms with E-state index in [0.717, 1.165) is 25.1 Å². The number of hydrogen-bond acceptors (Lipinski definition) is 6. The standard InChI is InChI=1S/C19H34N2O3S/c1-15(2)21(3)13-17(22)14-24-19-11-16(7-8-18(19)23-4)12-20-9-6-10-25-5/h7-8,11,15,17,20,22H,6,9-10,12-14H2,1-5H3/t17-/m0/s1. The highest BCUT2D eigenvalue weighted by molar-refractivity contribution is 7.98. The van der Waals surface area contributed by atoms with Gasteiger partial charge in [-0.25, -0.2) is 0 Å². The minimum atomic E-state index is -0.537. The predicted molar refractivity (Wildman–Crippen MR) is 107 cm³/mol. The van der Waals surface area contributed by atoms with Crippen LogP contribution in [0.4, 0.5) is 0 Å². The van der Waals surface area contributed by atoms with E-state index in [1.54, 1.807) is 7.11 Å². The van der Waals surface area contributed by atoms with E-state index in [-0.39, 0.29) is 6.61 Å². The highest BCUT2D eigenvalue weighted by atomic mass is 32.2. The number of methoxy groups -OCH3 is 1. The maximum atomic E-state index is 10.2. The summed E-state index contributed by atoms with van der Waals surface area (Å²) in [4.78, 5) is 2.10. The van der Waals surface area contributed by atoms with Crippen LogP contribution < -0.4 is 14.8 Å². The Morgan fingerprint density at radius 2 is 2.04 bits per heavy atom. The first-order chi connectivity index (χ1) is 12.0. The maximum Gasteiger partial charge on any atom is 0.161 e. The summed E-state index contributed by atoms with van der Waals surface area (Å²) in [7, 11) is 3.63. The Hall–Kier alpha value is -0.950. The molecule has 0 saturated heterocycles. The molecule has 0 radical (unpaired) electrons. The number of rotatable bonds is 13. The van der Waals surface area contributed by atoms with Crippen LogP contribution in [-0.4, -0.2) is 68.0 Å². The Morgan fingerprint density at radius 1 is 1.28 bits per heavy atom. The Bertz CT molecular complexity index is 486. The molecule has 0 saturated carbocycles. The number of ether oxygens (including phenoxy) is 2. The van der Waals surface area contributed by atoms with E-state index in [9.17, 15) is 5.11 Å². The highest BCUT2D eigenvalue weighted by Gasteiger charge is 2.13. The van der Waals surface area contributed by atoms with Crippen molar-refractivity contribution in [3.8, 4) is 11.5 Å². The largest absolute Gasteiger partial charge is 0.493 e. The van der Waals surface area contributed by atoms with E-state index < -0.39 is 6.10 Å². The number of likely N-dealkylation sites (N-methyl/N-ethyl adjacent to an activating group) is 1. The van der Waals surface area contributed by atoms with Gasteiger partial charge in [0.15, 0.2) is 11.5 Å². The van der Waals surface area contributed by atoms with E-state index in [1.165, 1.54) is 5.75 Å². The molecule has 144 valence electrons. The van der Waals surface area contributed by atoms with Crippen molar-refractivity contribution in [1.82, 2.24) is 10.2 Å². The number of aliphatic hydroxyl groups is 1. The van der Waals surface area contributed by atoms with Crippen molar-refractivity contribution >= 4 is 11.8 Å². The van der Waals surface area contributed by atoms with Crippen LogP contribution in [0.25, 0.3) is 0 Å². The SMILES string of the molecule is COc1ccc(CNCCCSC)cc1OC[C@@H](O)CN(C)C(C)C. The van der Waals surface area contributed by atoms with Gasteiger partial charge in [-0.1, -0.05) is 6.07 Å². The smallest absolute Gasteiger partial charge is 0.161 e. The minimum Gasteiger partial charge on any atom is -0.493 e. The summed E-state index contributed by atoms with van der Waals surface area (Å²) in [6.45, 7) is 6.84. The average Bonchev–Trinajstić information content (AvgIpc) is 2.59. The lowest BCUT2D eigenvalue weighted by Crippen LogP contribution is -2.37. The van der Waals surface area contributed by atoms with E-state index in [2.05, 4.69) is 30.3 Å². The molecule has 0 bridgehead atoms. The van der Waals surface area contributed by atoms with Crippen LogP contribution in [0.5, 0.6) is 11.5 Å². The monoisotopic (exact) mass is 370 g/mol. The number of benzene rings is 1. The third-order valence-corrected chi connectivity index (χ3v) is 4.77. The number of nitrogens with one attached hydrogen (secondary N) is 1. The quantitative estimate of drug-likeness (QED) is 0.521. The molecule has 1 rings (SSSR count). The molecule has 6 heteroatoms. The van der Waals surface area contributed by atoms with Crippen LogP contribution in [0.1, 0.15) is 25.8 Å². The fraction of sp³-hybridized carbons (Fsp3) is 0.684. The van der Waals surface area contributed by atoms with Gasteiger partial charge in [-0.05, 0) is 63.6 Å². The number of aliphatic hydroxyl groups excluding tert-OH is 1. The molecule has 0 aliphatic rings. The van der Waals surface area contributed by atoms with Crippen LogP contribution in [0.15, 0.2) is 18.2 Å². The van der Waals surface area contributed by atoms with Crippen LogP contribution in [0, 0.1) is 0 Å². The minimum absolute atomic E-state index is 0.248. The van der Waals surface area contributed by atoms with Crippen LogP contribution in [0.3, 0.4) is 0 Å². The Balaban J connectivity index is 2.54. The van der Waals surface area contributed by atoms with E-state index in [4.69, 9.17) is 9.47 Å².